The summed E-state index contributed by atoms with van der Waals surface area (Å²) in [6.07, 6.45) is 4.20. The molecule has 2 saturated carbocycles. The van der Waals surface area contributed by atoms with Gasteiger partial charge in [-0.2, -0.15) is 0 Å². The predicted molar refractivity (Wildman–Crippen MR) is 69.4 cm³/mol. The first-order valence-electron chi connectivity index (χ1n) is 6.40. The quantitative estimate of drug-likeness (QED) is 0.866. The highest BCUT2D eigenvalue weighted by Crippen LogP contribution is 2.38. The van der Waals surface area contributed by atoms with Gasteiger partial charge in [0.25, 0.3) is 0 Å². The minimum absolute atomic E-state index is 0.0590. The molecule has 3 heteroatoms. The molecule has 1 aromatic carbocycles. The van der Waals surface area contributed by atoms with E-state index in [1.165, 1.54) is 18.4 Å². The Labute approximate surface area is 107 Å². The van der Waals surface area contributed by atoms with Crippen LogP contribution in [-0.4, -0.2) is 23.3 Å². The smallest absolute Gasteiger partial charge is 0.0570 e. The number of nitrogens with one attached hydrogen (secondary N) is 1. The fraction of sp³-hybridized carbons (Fsp3) is 0.571. The number of halogens is 1. The first kappa shape index (κ1) is 11.5. The molecular formula is C14H18ClNO. The summed E-state index contributed by atoms with van der Waals surface area (Å²) >= 11 is 5.99. The van der Waals surface area contributed by atoms with E-state index in [0.717, 1.165) is 17.9 Å². The first-order chi connectivity index (χ1) is 8.20. The van der Waals surface area contributed by atoms with Gasteiger partial charge in [0, 0.05) is 17.1 Å². The SMILES string of the molecule is OC1CC(NC2CC(c3cccc(Cl)c3)C2)C1. The van der Waals surface area contributed by atoms with Crippen molar-refractivity contribution in [2.45, 2.75) is 49.8 Å². The molecule has 2 aliphatic carbocycles. The van der Waals surface area contributed by atoms with Crippen LogP contribution in [0, 0.1) is 0 Å². The molecule has 17 heavy (non-hydrogen) atoms. The minimum atomic E-state index is -0.0590. The zero-order valence-electron chi connectivity index (χ0n) is 9.77. The van der Waals surface area contributed by atoms with Crippen LogP contribution < -0.4 is 5.32 Å². The van der Waals surface area contributed by atoms with E-state index in [1.54, 1.807) is 0 Å². The molecule has 92 valence electrons. The lowest BCUT2D eigenvalue weighted by Gasteiger charge is -2.42. The zero-order valence-corrected chi connectivity index (χ0v) is 10.5. The maximum Gasteiger partial charge on any atom is 0.0570 e. The average Bonchev–Trinajstić information content (AvgIpc) is 2.19. The lowest BCUT2D eigenvalue weighted by Crippen LogP contribution is -2.52. The molecular weight excluding hydrogens is 234 g/mol. The molecule has 0 unspecified atom stereocenters. The van der Waals surface area contributed by atoms with Crippen LogP contribution in [-0.2, 0) is 0 Å². The van der Waals surface area contributed by atoms with Gasteiger partial charge in [0.1, 0.15) is 0 Å². The van der Waals surface area contributed by atoms with Gasteiger partial charge in [-0.1, -0.05) is 23.7 Å². The van der Waals surface area contributed by atoms with Crippen LogP contribution in [0.5, 0.6) is 0 Å². The van der Waals surface area contributed by atoms with Gasteiger partial charge in [0.05, 0.1) is 6.10 Å². The molecule has 0 heterocycles. The predicted octanol–water partition coefficient (Wildman–Crippen LogP) is 2.70. The molecule has 0 bridgehead atoms. The second-order valence-corrected chi connectivity index (χ2v) is 5.85. The van der Waals surface area contributed by atoms with Crippen molar-refractivity contribution in [3.8, 4) is 0 Å². The Morgan fingerprint density at radius 3 is 2.47 bits per heavy atom. The molecule has 0 saturated heterocycles. The molecule has 0 radical (unpaired) electrons. The number of rotatable bonds is 3. The zero-order chi connectivity index (χ0) is 11.8. The largest absolute Gasteiger partial charge is 0.393 e. The van der Waals surface area contributed by atoms with Gasteiger partial charge in [0.2, 0.25) is 0 Å². The average molecular weight is 252 g/mol. The van der Waals surface area contributed by atoms with Crippen LogP contribution in [0.15, 0.2) is 24.3 Å². The molecule has 0 aliphatic heterocycles. The number of aliphatic hydroxyl groups excluding tert-OH is 1. The minimum Gasteiger partial charge on any atom is -0.393 e. The van der Waals surface area contributed by atoms with Crippen molar-refractivity contribution in [2.75, 3.05) is 0 Å². The number of hydrogen-bond acceptors (Lipinski definition) is 2. The Morgan fingerprint density at radius 2 is 1.82 bits per heavy atom. The summed E-state index contributed by atoms with van der Waals surface area (Å²) in [5, 5.41) is 13.7. The first-order valence-corrected chi connectivity index (χ1v) is 6.78. The lowest BCUT2D eigenvalue weighted by atomic mass is 9.74. The van der Waals surface area contributed by atoms with E-state index < -0.39 is 0 Å². The second-order valence-electron chi connectivity index (χ2n) is 5.41. The molecule has 0 aromatic heterocycles. The van der Waals surface area contributed by atoms with E-state index in [0.29, 0.717) is 18.0 Å². The van der Waals surface area contributed by atoms with Gasteiger partial charge in [0.15, 0.2) is 0 Å². The van der Waals surface area contributed by atoms with Crippen molar-refractivity contribution in [2.24, 2.45) is 0 Å². The van der Waals surface area contributed by atoms with Crippen molar-refractivity contribution >= 4 is 11.6 Å². The fourth-order valence-electron chi connectivity index (χ4n) is 2.84. The van der Waals surface area contributed by atoms with Crippen LogP contribution in [0.4, 0.5) is 0 Å². The summed E-state index contributed by atoms with van der Waals surface area (Å²) in [5.41, 5.74) is 1.36. The third-order valence-corrected chi connectivity index (χ3v) is 4.28. The lowest BCUT2D eigenvalue weighted by molar-refractivity contribution is 0.0506. The maximum atomic E-state index is 9.23. The molecule has 2 nitrogen and oxygen atoms in total. The third kappa shape index (κ3) is 2.49. The van der Waals surface area contributed by atoms with E-state index in [-0.39, 0.29) is 6.10 Å². The van der Waals surface area contributed by atoms with E-state index in [1.807, 2.05) is 12.1 Å². The summed E-state index contributed by atoms with van der Waals surface area (Å²) in [6.45, 7) is 0. The second kappa shape index (κ2) is 4.60. The monoisotopic (exact) mass is 251 g/mol. The Balaban J connectivity index is 1.48. The summed E-state index contributed by atoms with van der Waals surface area (Å²) in [5.74, 6) is 0.663. The van der Waals surface area contributed by atoms with Crippen LogP contribution in [0.25, 0.3) is 0 Å². The van der Waals surface area contributed by atoms with Crippen molar-refractivity contribution in [3.05, 3.63) is 34.9 Å². The van der Waals surface area contributed by atoms with Gasteiger partial charge < -0.3 is 10.4 Å². The normalized spacial score (nSPS) is 36.1. The number of aliphatic hydroxyl groups is 1. The third-order valence-electron chi connectivity index (χ3n) is 4.04. The van der Waals surface area contributed by atoms with Crippen LogP contribution >= 0.6 is 11.6 Å². The van der Waals surface area contributed by atoms with Crippen molar-refractivity contribution in [3.63, 3.8) is 0 Å². The van der Waals surface area contributed by atoms with E-state index in [9.17, 15) is 5.11 Å². The standard InChI is InChI=1S/C14H18ClNO/c15-11-3-1-2-9(4-11)10-5-12(6-10)16-13-7-14(17)8-13/h1-4,10,12-14,16-17H,5-8H2. The molecule has 0 spiro atoms. The number of hydrogen-bond donors (Lipinski definition) is 2. The van der Waals surface area contributed by atoms with Crippen molar-refractivity contribution in [1.82, 2.24) is 5.32 Å². The van der Waals surface area contributed by atoms with Gasteiger partial charge in [-0.05, 0) is 49.3 Å². The van der Waals surface area contributed by atoms with Crippen LogP contribution in [0.2, 0.25) is 5.02 Å². The summed E-state index contributed by atoms with van der Waals surface area (Å²) < 4.78 is 0. The molecule has 2 N–H and O–H groups in total. The maximum absolute atomic E-state index is 9.23. The topological polar surface area (TPSA) is 32.3 Å². The molecule has 1 aromatic rings. The van der Waals surface area contributed by atoms with Crippen LogP contribution in [0.1, 0.15) is 37.2 Å². The molecule has 0 atom stereocenters. The highest BCUT2D eigenvalue weighted by atomic mass is 35.5. The molecule has 2 fully saturated rings. The highest BCUT2D eigenvalue weighted by molar-refractivity contribution is 6.30. The molecule has 3 rings (SSSR count). The van der Waals surface area contributed by atoms with Crippen LogP contribution in [0.3, 0.4) is 0 Å². The van der Waals surface area contributed by atoms with Crippen molar-refractivity contribution in [1.29, 1.82) is 0 Å². The highest BCUT2D eigenvalue weighted by Gasteiger charge is 2.35. The number of benzene rings is 1. The molecule has 0 amide bonds. The van der Waals surface area contributed by atoms with E-state index >= 15 is 0 Å². The van der Waals surface area contributed by atoms with Gasteiger partial charge >= 0.3 is 0 Å². The van der Waals surface area contributed by atoms with Gasteiger partial charge in [-0.25, -0.2) is 0 Å². The Bertz CT molecular complexity index is 397. The van der Waals surface area contributed by atoms with E-state index in [2.05, 4.69) is 17.4 Å². The molecule has 2 aliphatic rings. The summed E-state index contributed by atoms with van der Waals surface area (Å²) in [4.78, 5) is 0. The fourth-order valence-corrected chi connectivity index (χ4v) is 3.04. The van der Waals surface area contributed by atoms with Crippen molar-refractivity contribution < 1.29 is 5.11 Å². The Kier molecular flexibility index (Phi) is 3.12. The summed E-state index contributed by atoms with van der Waals surface area (Å²) in [7, 11) is 0. The summed E-state index contributed by atoms with van der Waals surface area (Å²) in [6, 6.07) is 9.39. The Morgan fingerprint density at radius 1 is 1.12 bits per heavy atom. The van der Waals surface area contributed by atoms with Gasteiger partial charge in [-0.15, -0.1) is 0 Å². The Hall–Kier alpha value is -0.570. The van der Waals surface area contributed by atoms with E-state index in [4.69, 9.17) is 11.6 Å². The van der Waals surface area contributed by atoms with Gasteiger partial charge in [-0.3, -0.25) is 0 Å².